The molecule has 0 saturated carbocycles. The number of nitrogens with zero attached hydrogens (tertiary/aromatic N) is 1. The normalized spacial score (nSPS) is 18.8. The average Bonchev–Trinajstić information content (AvgIpc) is 2.56. The van der Waals surface area contributed by atoms with E-state index in [0.29, 0.717) is 12.8 Å². The van der Waals surface area contributed by atoms with Gasteiger partial charge in [-0.05, 0) is 31.4 Å². The second-order valence-corrected chi connectivity index (χ2v) is 5.81. The van der Waals surface area contributed by atoms with Crippen molar-refractivity contribution in [2.24, 2.45) is 5.73 Å². The first-order valence-corrected chi connectivity index (χ1v) is 7.98. The highest BCUT2D eigenvalue weighted by atomic mass is 16.5. The molecule has 122 valence electrons. The van der Waals surface area contributed by atoms with E-state index in [1.165, 1.54) is 0 Å². The predicted molar refractivity (Wildman–Crippen MR) is 85.6 cm³/mol. The minimum absolute atomic E-state index is 0.258. The fourth-order valence-corrected chi connectivity index (χ4v) is 2.69. The molecule has 5 heteroatoms. The lowest BCUT2D eigenvalue weighted by Gasteiger charge is -2.26. The third-order valence-electron chi connectivity index (χ3n) is 4.05. The van der Waals surface area contributed by atoms with Crippen LogP contribution in [0, 0.1) is 0 Å². The van der Waals surface area contributed by atoms with Gasteiger partial charge in [0.2, 0.25) is 0 Å². The number of aliphatic hydroxyl groups is 1. The molecular weight excluding hydrogens is 280 g/mol. The average molecular weight is 306 g/mol. The maximum absolute atomic E-state index is 12.1. The lowest BCUT2D eigenvalue weighted by atomic mass is 9.98. The topological polar surface area (TPSA) is 75.8 Å². The summed E-state index contributed by atoms with van der Waals surface area (Å²) in [5.74, 6) is -0.258. The van der Waals surface area contributed by atoms with Crippen LogP contribution in [-0.4, -0.2) is 60.8 Å². The Bertz CT molecular complexity index is 446. The van der Waals surface area contributed by atoms with Crippen molar-refractivity contribution in [3.8, 4) is 0 Å². The molecule has 2 atom stereocenters. The maximum Gasteiger partial charge on any atom is 0.178 e. The highest BCUT2D eigenvalue weighted by Crippen LogP contribution is 2.08. The molecule has 1 fully saturated rings. The largest absolute Gasteiger partial charge is 0.385 e. The number of hydrogen-bond donors (Lipinski definition) is 2. The zero-order chi connectivity index (χ0) is 15.8. The molecular formula is C17H26N2O3. The van der Waals surface area contributed by atoms with Crippen molar-refractivity contribution in [1.82, 2.24) is 4.90 Å². The Morgan fingerprint density at radius 3 is 2.64 bits per heavy atom. The number of nitrogens with two attached hydrogens (primary N) is 1. The predicted octanol–water partition coefficient (Wildman–Crippen LogP) is 0.599. The number of ketones is 1. The Morgan fingerprint density at radius 1 is 1.27 bits per heavy atom. The lowest BCUT2D eigenvalue weighted by molar-refractivity contribution is -0.128. The molecule has 0 spiro atoms. The fraction of sp³-hybridized carbons (Fsp3) is 0.588. The van der Waals surface area contributed by atoms with E-state index in [0.717, 1.165) is 44.8 Å². The van der Waals surface area contributed by atoms with E-state index < -0.39 is 12.1 Å². The van der Waals surface area contributed by atoms with E-state index in [9.17, 15) is 9.90 Å². The van der Waals surface area contributed by atoms with E-state index in [4.69, 9.17) is 10.5 Å². The number of Topliss-reactive ketones (excluding diaryl/α,β-unsaturated/α-hetero) is 1. The van der Waals surface area contributed by atoms with Crippen LogP contribution in [0.15, 0.2) is 30.3 Å². The molecule has 3 N–H and O–H groups in total. The maximum atomic E-state index is 12.1. The summed E-state index contributed by atoms with van der Waals surface area (Å²) in [5, 5.41) is 10.0. The van der Waals surface area contributed by atoms with Crippen LogP contribution < -0.4 is 5.73 Å². The van der Waals surface area contributed by atoms with Gasteiger partial charge in [-0.1, -0.05) is 30.3 Å². The van der Waals surface area contributed by atoms with Crippen LogP contribution in [0.4, 0.5) is 0 Å². The Hall–Kier alpha value is -1.27. The molecule has 0 bridgehead atoms. The van der Waals surface area contributed by atoms with Gasteiger partial charge in [-0.25, -0.2) is 0 Å². The highest BCUT2D eigenvalue weighted by molar-refractivity contribution is 5.88. The van der Waals surface area contributed by atoms with Crippen LogP contribution in [0.1, 0.15) is 18.4 Å². The number of carbonyl (C=O) groups is 1. The Kier molecular flexibility index (Phi) is 6.99. The summed E-state index contributed by atoms with van der Waals surface area (Å²) in [4.78, 5) is 14.4. The first-order valence-electron chi connectivity index (χ1n) is 7.98. The van der Waals surface area contributed by atoms with Gasteiger partial charge in [-0.15, -0.1) is 0 Å². The summed E-state index contributed by atoms with van der Waals surface area (Å²) in [5.41, 5.74) is 6.95. The molecule has 5 nitrogen and oxygen atoms in total. The van der Waals surface area contributed by atoms with E-state index in [-0.39, 0.29) is 5.78 Å². The number of hydrogen-bond acceptors (Lipinski definition) is 5. The molecule has 1 saturated heterocycles. The Morgan fingerprint density at radius 2 is 1.95 bits per heavy atom. The highest BCUT2D eigenvalue weighted by Gasteiger charge is 2.22. The van der Waals surface area contributed by atoms with Crippen molar-refractivity contribution in [1.29, 1.82) is 0 Å². The van der Waals surface area contributed by atoms with Gasteiger partial charge in [0.05, 0.1) is 19.3 Å². The molecule has 0 aliphatic carbocycles. The van der Waals surface area contributed by atoms with Gasteiger partial charge >= 0.3 is 0 Å². The third-order valence-corrected chi connectivity index (χ3v) is 4.05. The number of morpholine rings is 1. The fourth-order valence-electron chi connectivity index (χ4n) is 2.69. The van der Waals surface area contributed by atoms with Gasteiger partial charge in [0.25, 0.3) is 0 Å². The Labute approximate surface area is 132 Å². The summed E-state index contributed by atoms with van der Waals surface area (Å²) in [6, 6.07) is 9.02. The van der Waals surface area contributed by atoms with Crippen molar-refractivity contribution >= 4 is 5.78 Å². The third kappa shape index (κ3) is 5.50. The van der Waals surface area contributed by atoms with Gasteiger partial charge in [0, 0.05) is 13.1 Å². The molecule has 0 radical (unpaired) electrons. The Balaban J connectivity index is 1.69. The van der Waals surface area contributed by atoms with Crippen LogP contribution in [0.3, 0.4) is 0 Å². The summed E-state index contributed by atoms with van der Waals surface area (Å²) < 4.78 is 5.29. The zero-order valence-corrected chi connectivity index (χ0v) is 13.0. The van der Waals surface area contributed by atoms with Gasteiger partial charge in [-0.2, -0.15) is 0 Å². The summed E-state index contributed by atoms with van der Waals surface area (Å²) in [6.45, 7) is 4.28. The van der Waals surface area contributed by atoms with Crippen molar-refractivity contribution in [2.45, 2.75) is 31.4 Å². The van der Waals surface area contributed by atoms with Gasteiger partial charge in [-0.3, -0.25) is 9.69 Å². The molecule has 2 rings (SSSR count). The second kappa shape index (κ2) is 9.00. The van der Waals surface area contributed by atoms with Crippen molar-refractivity contribution in [2.75, 3.05) is 32.8 Å². The van der Waals surface area contributed by atoms with Crippen LogP contribution in [0.5, 0.6) is 0 Å². The van der Waals surface area contributed by atoms with Crippen molar-refractivity contribution in [3.63, 3.8) is 0 Å². The number of ether oxygens (including phenoxy) is 1. The van der Waals surface area contributed by atoms with E-state index in [1.54, 1.807) is 0 Å². The minimum atomic E-state index is -0.959. The molecule has 1 aliphatic heterocycles. The van der Waals surface area contributed by atoms with Crippen LogP contribution in [-0.2, 0) is 16.0 Å². The summed E-state index contributed by atoms with van der Waals surface area (Å²) in [6.07, 6.45) is 0.781. The quantitative estimate of drug-likeness (QED) is 0.735. The van der Waals surface area contributed by atoms with Crippen molar-refractivity contribution in [3.05, 3.63) is 35.9 Å². The SMILES string of the molecule is NC(Cc1ccccc1)C(=O)C(O)CCCN1CCOCC1. The standard InChI is InChI=1S/C17H26N2O3/c18-15(13-14-5-2-1-3-6-14)17(21)16(20)7-4-8-19-9-11-22-12-10-19/h1-3,5-6,15-16,20H,4,7-13,18H2. The minimum Gasteiger partial charge on any atom is -0.385 e. The molecule has 1 heterocycles. The summed E-state index contributed by atoms with van der Waals surface area (Å²) in [7, 11) is 0. The summed E-state index contributed by atoms with van der Waals surface area (Å²) >= 11 is 0. The molecule has 0 aromatic heterocycles. The van der Waals surface area contributed by atoms with Gasteiger partial charge in [0.15, 0.2) is 5.78 Å². The van der Waals surface area contributed by atoms with Crippen LogP contribution >= 0.6 is 0 Å². The van der Waals surface area contributed by atoms with Crippen LogP contribution in [0.2, 0.25) is 0 Å². The van der Waals surface area contributed by atoms with Crippen LogP contribution in [0.25, 0.3) is 0 Å². The monoisotopic (exact) mass is 306 g/mol. The molecule has 1 aromatic rings. The number of rotatable bonds is 8. The second-order valence-electron chi connectivity index (χ2n) is 5.81. The number of benzene rings is 1. The molecule has 2 unspecified atom stereocenters. The molecule has 22 heavy (non-hydrogen) atoms. The first kappa shape index (κ1) is 17.1. The first-order chi connectivity index (χ1) is 10.7. The zero-order valence-electron chi connectivity index (χ0n) is 13.0. The van der Waals surface area contributed by atoms with E-state index in [2.05, 4.69) is 4.90 Å². The van der Waals surface area contributed by atoms with Gasteiger partial charge < -0.3 is 15.6 Å². The lowest BCUT2D eigenvalue weighted by Crippen LogP contribution is -2.41. The van der Waals surface area contributed by atoms with E-state index in [1.807, 2.05) is 30.3 Å². The smallest absolute Gasteiger partial charge is 0.178 e. The van der Waals surface area contributed by atoms with Crippen molar-refractivity contribution < 1.29 is 14.6 Å². The van der Waals surface area contributed by atoms with Gasteiger partial charge in [0.1, 0.15) is 6.10 Å². The van der Waals surface area contributed by atoms with E-state index >= 15 is 0 Å². The molecule has 0 amide bonds. The number of carbonyl (C=O) groups excluding carboxylic acids is 1. The molecule has 1 aliphatic rings. The molecule has 1 aromatic carbocycles. The number of aliphatic hydroxyl groups excluding tert-OH is 1.